The van der Waals surface area contributed by atoms with Crippen LogP contribution >= 0.6 is 0 Å². The molecule has 3 fully saturated rings. The molecule has 1 N–H and O–H groups in total. The largest absolute Gasteiger partial charge is 0.345 e. The maximum Gasteiger partial charge on any atom is 0.245 e. The molecule has 0 radical (unpaired) electrons. The van der Waals surface area contributed by atoms with Crippen LogP contribution in [0.2, 0.25) is 0 Å². The Balaban J connectivity index is 1.49. The highest BCUT2D eigenvalue weighted by Gasteiger charge is 2.45. The van der Waals surface area contributed by atoms with Crippen LogP contribution in [0.5, 0.6) is 0 Å². The van der Waals surface area contributed by atoms with Gasteiger partial charge in [0, 0.05) is 63.7 Å². The normalized spacial score (nSPS) is 25.7. The van der Waals surface area contributed by atoms with Crippen LogP contribution in [0.1, 0.15) is 78.2 Å². The number of halogens is 2. The Labute approximate surface area is 231 Å². The Bertz CT molecular complexity index is 1070. The van der Waals surface area contributed by atoms with E-state index in [-0.39, 0.29) is 35.1 Å². The Morgan fingerprint density at radius 1 is 1.05 bits per heavy atom. The van der Waals surface area contributed by atoms with Crippen molar-refractivity contribution in [3.05, 3.63) is 35.4 Å². The van der Waals surface area contributed by atoms with Gasteiger partial charge in [0.05, 0.1) is 5.92 Å². The van der Waals surface area contributed by atoms with Gasteiger partial charge in [0.1, 0.15) is 17.7 Å². The van der Waals surface area contributed by atoms with Gasteiger partial charge in [-0.1, -0.05) is 39.7 Å². The van der Waals surface area contributed by atoms with Crippen LogP contribution in [0.3, 0.4) is 0 Å². The average Bonchev–Trinajstić information content (AvgIpc) is 3.52. The van der Waals surface area contributed by atoms with Gasteiger partial charge in [-0.15, -0.1) is 0 Å². The van der Waals surface area contributed by atoms with Gasteiger partial charge in [0.2, 0.25) is 17.7 Å². The lowest BCUT2D eigenvalue weighted by atomic mass is 9.86. The van der Waals surface area contributed by atoms with E-state index in [1.54, 1.807) is 4.90 Å². The van der Waals surface area contributed by atoms with Crippen molar-refractivity contribution in [3.8, 4) is 0 Å². The maximum atomic E-state index is 14.9. The highest BCUT2D eigenvalue weighted by atomic mass is 19.1. The standard InChI is InChI=1S/C30H44F2N4O3/c1-19-16-34(29(39)27(33-20(2)37)15-30(3,4)5)12-13-36(19)28(38)25-18-35(22-8-6-7-9-22)17-24(25)23-11-10-21(31)14-26(23)32/h10-11,14,19,22,24-25,27H,6-9,12-13,15-18H2,1-5H3,(H,33,37)/t19-,24-,25+,27-/m0/s1. The second-order valence-corrected chi connectivity index (χ2v) is 13.0. The van der Waals surface area contributed by atoms with Crippen LogP contribution in [-0.4, -0.2) is 83.3 Å². The summed E-state index contributed by atoms with van der Waals surface area (Å²) in [6.45, 7) is 11.7. The fraction of sp³-hybridized carbons (Fsp3) is 0.700. The molecule has 3 aliphatic rings. The van der Waals surface area contributed by atoms with Gasteiger partial charge >= 0.3 is 0 Å². The van der Waals surface area contributed by atoms with Crippen LogP contribution in [-0.2, 0) is 14.4 Å². The summed E-state index contributed by atoms with van der Waals surface area (Å²) in [5, 5.41) is 2.81. The quantitative estimate of drug-likeness (QED) is 0.587. The smallest absolute Gasteiger partial charge is 0.245 e. The topological polar surface area (TPSA) is 73.0 Å². The molecule has 7 nitrogen and oxygen atoms in total. The molecule has 0 unspecified atom stereocenters. The molecule has 4 rings (SSSR count). The predicted molar refractivity (Wildman–Crippen MR) is 146 cm³/mol. The third kappa shape index (κ3) is 6.97. The zero-order chi connectivity index (χ0) is 28.5. The van der Waals surface area contributed by atoms with Crippen LogP contribution in [0.4, 0.5) is 8.78 Å². The Kier molecular flexibility index (Phi) is 8.98. The first kappa shape index (κ1) is 29.4. The van der Waals surface area contributed by atoms with E-state index >= 15 is 0 Å². The Hall–Kier alpha value is -2.55. The lowest BCUT2D eigenvalue weighted by molar-refractivity contribution is -0.147. The van der Waals surface area contributed by atoms with Gasteiger partial charge in [-0.3, -0.25) is 19.3 Å². The van der Waals surface area contributed by atoms with Crippen molar-refractivity contribution in [2.24, 2.45) is 11.3 Å². The van der Waals surface area contributed by atoms with Crippen LogP contribution in [0.15, 0.2) is 18.2 Å². The molecule has 0 spiro atoms. The van der Waals surface area contributed by atoms with Crippen LogP contribution < -0.4 is 5.32 Å². The number of carbonyl (C=O) groups excluding carboxylic acids is 3. The zero-order valence-corrected chi connectivity index (χ0v) is 24.0. The van der Waals surface area contributed by atoms with Crippen molar-refractivity contribution in [3.63, 3.8) is 0 Å². The average molecular weight is 547 g/mol. The van der Waals surface area contributed by atoms with Gasteiger partial charge in [0.25, 0.3) is 0 Å². The van der Waals surface area contributed by atoms with E-state index in [9.17, 15) is 23.2 Å². The number of rotatable bonds is 6. The Morgan fingerprint density at radius 3 is 2.33 bits per heavy atom. The lowest BCUT2D eigenvalue weighted by Gasteiger charge is -2.42. The maximum absolute atomic E-state index is 14.9. The van der Waals surface area contributed by atoms with E-state index in [0.717, 1.165) is 31.7 Å². The number of hydrogen-bond acceptors (Lipinski definition) is 4. The third-order valence-corrected chi connectivity index (χ3v) is 8.58. The van der Waals surface area contributed by atoms with Gasteiger partial charge in [0.15, 0.2) is 0 Å². The van der Waals surface area contributed by atoms with E-state index in [1.165, 1.54) is 19.1 Å². The monoisotopic (exact) mass is 546 g/mol. The first-order valence-electron chi connectivity index (χ1n) is 14.4. The number of carbonyl (C=O) groups is 3. The summed E-state index contributed by atoms with van der Waals surface area (Å²) in [7, 11) is 0. The van der Waals surface area contributed by atoms with Crippen molar-refractivity contribution in [1.29, 1.82) is 0 Å². The molecule has 0 bridgehead atoms. The molecule has 39 heavy (non-hydrogen) atoms. The van der Waals surface area contributed by atoms with Gasteiger partial charge < -0.3 is 15.1 Å². The molecule has 3 amide bonds. The molecule has 1 aromatic carbocycles. The van der Waals surface area contributed by atoms with Crippen LogP contribution in [0.25, 0.3) is 0 Å². The molecule has 2 aliphatic heterocycles. The molecule has 1 saturated carbocycles. The second-order valence-electron chi connectivity index (χ2n) is 13.0. The second kappa shape index (κ2) is 11.9. The van der Waals surface area contributed by atoms with Crippen molar-refractivity contribution >= 4 is 17.7 Å². The van der Waals surface area contributed by atoms with E-state index in [4.69, 9.17) is 0 Å². The van der Waals surface area contributed by atoms with Gasteiger partial charge in [-0.25, -0.2) is 8.78 Å². The highest BCUT2D eigenvalue weighted by Crippen LogP contribution is 2.39. The number of piperazine rings is 1. The number of benzene rings is 1. The minimum atomic E-state index is -0.622. The molecule has 216 valence electrons. The van der Waals surface area contributed by atoms with E-state index in [1.807, 2.05) is 32.6 Å². The zero-order valence-electron chi connectivity index (χ0n) is 24.0. The summed E-state index contributed by atoms with van der Waals surface area (Å²) < 4.78 is 28.6. The summed E-state index contributed by atoms with van der Waals surface area (Å²) in [6.07, 6.45) is 5.01. The first-order chi connectivity index (χ1) is 18.3. The van der Waals surface area contributed by atoms with E-state index < -0.39 is 23.6 Å². The molecule has 2 saturated heterocycles. The minimum Gasteiger partial charge on any atom is -0.345 e. The molecular weight excluding hydrogens is 502 g/mol. The lowest BCUT2D eigenvalue weighted by Crippen LogP contribution is -2.60. The van der Waals surface area contributed by atoms with E-state index in [2.05, 4.69) is 10.2 Å². The molecule has 9 heteroatoms. The van der Waals surface area contributed by atoms with E-state index in [0.29, 0.717) is 50.7 Å². The summed E-state index contributed by atoms with van der Waals surface area (Å²) >= 11 is 0. The minimum absolute atomic E-state index is 0.0306. The fourth-order valence-electron chi connectivity index (χ4n) is 6.75. The van der Waals surface area contributed by atoms with Gasteiger partial charge in [-0.05, 0) is 43.2 Å². The van der Waals surface area contributed by atoms with Crippen molar-refractivity contribution in [2.45, 2.75) is 90.8 Å². The number of nitrogens with zero attached hydrogens (tertiary/aromatic N) is 3. The summed E-state index contributed by atoms with van der Waals surface area (Å²) in [5.41, 5.74) is 0.252. The molecular formula is C30H44F2N4O3. The molecule has 0 aromatic heterocycles. The molecule has 4 atom stereocenters. The number of hydrogen-bond donors (Lipinski definition) is 1. The summed E-state index contributed by atoms with van der Waals surface area (Å²) in [5.74, 6) is -2.40. The Morgan fingerprint density at radius 2 is 1.74 bits per heavy atom. The molecule has 1 aliphatic carbocycles. The predicted octanol–water partition coefficient (Wildman–Crippen LogP) is 3.92. The SMILES string of the molecule is CC(=O)N[C@@H](CC(C)(C)C)C(=O)N1CCN(C(=O)[C@@H]2CN(C3CCCC3)C[C@H]2c2ccc(F)cc2F)[C@@H](C)C1. The summed E-state index contributed by atoms with van der Waals surface area (Å²) in [6, 6.07) is 3.24. The highest BCUT2D eigenvalue weighted by molar-refractivity contribution is 5.87. The summed E-state index contributed by atoms with van der Waals surface area (Å²) in [4.78, 5) is 45.1. The fourth-order valence-corrected chi connectivity index (χ4v) is 6.75. The van der Waals surface area contributed by atoms with Crippen molar-refractivity contribution < 1.29 is 23.2 Å². The molecule has 1 aromatic rings. The first-order valence-corrected chi connectivity index (χ1v) is 14.4. The van der Waals surface area contributed by atoms with Crippen molar-refractivity contribution in [2.75, 3.05) is 32.7 Å². The van der Waals surface area contributed by atoms with Crippen molar-refractivity contribution in [1.82, 2.24) is 20.0 Å². The van der Waals surface area contributed by atoms with Crippen LogP contribution in [0, 0.1) is 23.0 Å². The number of nitrogens with one attached hydrogen (secondary N) is 1. The number of likely N-dealkylation sites (tertiary alicyclic amines) is 1. The third-order valence-electron chi connectivity index (χ3n) is 8.58. The van der Waals surface area contributed by atoms with Gasteiger partial charge in [-0.2, -0.15) is 0 Å². The number of amides is 3. The molecule has 2 heterocycles.